The number of nitrogens with zero attached hydrogens (tertiary/aromatic N) is 1. The molecule has 28 heavy (non-hydrogen) atoms. The molecule has 0 bridgehead atoms. The van der Waals surface area contributed by atoms with Crippen molar-refractivity contribution in [2.45, 2.75) is 6.54 Å². The van der Waals surface area contributed by atoms with Crippen LogP contribution in [0, 0.1) is 0 Å². The highest BCUT2D eigenvalue weighted by Crippen LogP contribution is 2.20. The van der Waals surface area contributed by atoms with Crippen molar-refractivity contribution in [3.8, 4) is 0 Å². The fourth-order valence-electron chi connectivity index (χ4n) is 2.27. The van der Waals surface area contributed by atoms with Gasteiger partial charge in [0.25, 0.3) is 5.91 Å². The molecule has 0 aliphatic rings. The predicted octanol–water partition coefficient (Wildman–Crippen LogP) is 3.15. The zero-order valence-electron chi connectivity index (χ0n) is 15.0. The van der Waals surface area contributed by atoms with Crippen LogP contribution < -0.4 is 10.6 Å². The minimum Gasteiger partial charge on any atom is -0.345 e. The summed E-state index contributed by atoms with van der Waals surface area (Å²) < 4.78 is 0. The molecule has 0 saturated carbocycles. The van der Waals surface area contributed by atoms with Crippen molar-refractivity contribution in [3.05, 3.63) is 68.7 Å². The van der Waals surface area contributed by atoms with Crippen molar-refractivity contribution in [1.29, 1.82) is 0 Å². The number of nitrogens with one attached hydrogen (secondary N) is 2. The highest BCUT2D eigenvalue weighted by molar-refractivity contribution is 6.36. The van der Waals surface area contributed by atoms with Crippen LogP contribution in [0.25, 0.3) is 0 Å². The average molecular weight is 443 g/mol. The van der Waals surface area contributed by atoms with E-state index >= 15 is 0 Å². The third-order valence-electron chi connectivity index (χ3n) is 3.81. The molecular weight excluding hydrogens is 425 g/mol. The van der Waals surface area contributed by atoms with Crippen LogP contribution in [0.1, 0.15) is 15.9 Å². The van der Waals surface area contributed by atoms with E-state index < -0.39 is 11.8 Å². The number of hydrogen-bond acceptors (Lipinski definition) is 3. The summed E-state index contributed by atoms with van der Waals surface area (Å²) in [7, 11) is 1.61. The van der Waals surface area contributed by atoms with E-state index in [-0.39, 0.29) is 29.6 Å². The van der Waals surface area contributed by atoms with Gasteiger partial charge >= 0.3 is 0 Å². The molecule has 9 heteroatoms. The van der Waals surface area contributed by atoms with E-state index in [0.717, 1.165) is 5.56 Å². The molecule has 0 unspecified atom stereocenters. The SMILES string of the molecule is CN(Cc1ccccc1Cl)C(=O)CNC(=O)CNC(=O)c1ccc(Cl)cc1Cl. The highest BCUT2D eigenvalue weighted by Gasteiger charge is 2.14. The van der Waals surface area contributed by atoms with Crippen LogP contribution in [-0.2, 0) is 16.1 Å². The number of hydrogen-bond donors (Lipinski definition) is 2. The molecule has 0 aromatic heterocycles. The van der Waals surface area contributed by atoms with Gasteiger partial charge < -0.3 is 15.5 Å². The second kappa shape index (κ2) is 10.3. The van der Waals surface area contributed by atoms with E-state index in [9.17, 15) is 14.4 Å². The maximum Gasteiger partial charge on any atom is 0.253 e. The molecule has 0 aliphatic carbocycles. The van der Waals surface area contributed by atoms with E-state index in [1.807, 2.05) is 12.1 Å². The Morgan fingerprint density at radius 2 is 1.64 bits per heavy atom. The van der Waals surface area contributed by atoms with Gasteiger partial charge in [0.15, 0.2) is 0 Å². The van der Waals surface area contributed by atoms with Crippen molar-refractivity contribution in [1.82, 2.24) is 15.5 Å². The first-order valence-electron chi connectivity index (χ1n) is 8.25. The quantitative estimate of drug-likeness (QED) is 0.691. The molecule has 0 aliphatic heterocycles. The Bertz CT molecular complexity index is 890. The van der Waals surface area contributed by atoms with Gasteiger partial charge in [-0.3, -0.25) is 14.4 Å². The second-order valence-electron chi connectivity index (χ2n) is 5.92. The van der Waals surface area contributed by atoms with Crippen molar-refractivity contribution in [2.24, 2.45) is 0 Å². The molecule has 2 N–H and O–H groups in total. The largest absolute Gasteiger partial charge is 0.345 e. The normalized spacial score (nSPS) is 10.3. The van der Waals surface area contributed by atoms with Gasteiger partial charge in [0.2, 0.25) is 11.8 Å². The maximum absolute atomic E-state index is 12.2. The lowest BCUT2D eigenvalue weighted by Crippen LogP contribution is -2.42. The molecular formula is C19H18Cl3N3O3. The van der Waals surface area contributed by atoms with Crippen molar-refractivity contribution < 1.29 is 14.4 Å². The lowest BCUT2D eigenvalue weighted by Gasteiger charge is -2.18. The summed E-state index contributed by atoms with van der Waals surface area (Å²) >= 11 is 17.8. The fraction of sp³-hybridized carbons (Fsp3) is 0.211. The Kier molecular flexibility index (Phi) is 8.11. The molecule has 0 fully saturated rings. The van der Waals surface area contributed by atoms with Crippen molar-refractivity contribution in [2.75, 3.05) is 20.1 Å². The van der Waals surface area contributed by atoms with E-state index in [0.29, 0.717) is 16.6 Å². The van der Waals surface area contributed by atoms with Crippen LogP contribution >= 0.6 is 34.8 Å². The molecule has 2 rings (SSSR count). The van der Waals surface area contributed by atoms with Gasteiger partial charge in [0.1, 0.15) is 0 Å². The van der Waals surface area contributed by atoms with Gasteiger partial charge in [0, 0.05) is 23.6 Å². The van der Waals surface area contributed by atoms with Crippen molar-refractivity contribution in [3.63, 3.8) is 0 Å². The zero-order valence-corrected chi connectivity index (χ0v) is 17.2. The van der Waals surface area contributed by atoms with E-state index in [1.165, 1.54) is 23.1 Å². The molecule has 0 atom stereocenters. The van der Waals surface area contributed by atoms with Crippen molar-refractivity contribution >= 4 is 52.5 Å². The monoisotopic (exact) mass is 441 g/mol. The van der Waals surface area contributed by atoms with E-state index in [1.54, 1.807) is 19.2 Å². The molecule has 0 radical (unpaired) electrons. The first kappa shape index (κ1) is 22.0. The molecule has 6 nitrogen and oxygen atoms in total. The number of amides is 3. The van der Waals surface area contributed by atoms with Gasteiger partial charge in [-0.1, -0.05) is 53.0 Å². The minimum atomic E-state index is -0.515. The molecule has 148 valence electrons. The number of rotatable bonds is 7. The van der Waals surface area contributed by atoms with Gasteiger partial charge in [-0.05, 0) is 29.8 Å². The summed E-state index contributed by atoms with van der Waals surface area (Å²) in [5.41, 5.74) is 1.01. The third kappa shape index (κ3) is 6.41. The summed E-state index contributed by atoms with van der Waals surface area (Å²) in [6, 6.07) is 11.6. The Morgan fingerprint density at radius 3 is 2.32 bits per heavy atom. The van der Waals surface area contributed by atoms with Crippen LogP contribution in [0.2, 0.25) is 15.1 Å². The van der Waals surface area contributed by atoms with E-state index in [4.69, 9.17) is 34.8 Å². The molecule has 3 amide bonds. The number of carbonyl (C=O) groups is 3. The summed E-state index contributed by atoms with van der Waals surface area (Å²) in [6.45, 7) is -0.170. The molecule has 2 aromatic rings. The average Bonchev–Trinajstić information content (AvgIpc) is 2.65. The number of halogens is 3. The number of benzene rings is 2. The van der Waals surface area contributed by atoms with Crippen LogP contribution in [0.5, 0.6) is 0 Å². The van der Waals surface area contributed by atoms with Gasteiger partial charge in [-0.2, -0.15) is 0 Å². The van der Waals surface area contributed by atoms with Crippen LogP contribution in [0.3, 0.4) is 0 Å². The highest BCUT2D eigenvalue weighted by atomic mass is 35.5. The molecule has 0 spiro atoms. The first-order chi connectivity index (χ1) is 13.3. The Labute approximate surface area is 177 Å². The number of likely N-dealkylation sites (N-methyl/N-ethyl adjacent to an activating group) is 1. The molecule has 0 heterocycles. The van der Waals surface area contributed by atoms with Crippen LogP contribution in [-0.4, -0.2) is 42.8 Å². The summed E-state index contributed by atoms with van der Waals surface area (Å²) in [5, 5.41) is 6.05. The summed E-state index contributed by atoms with van der Waals surface area (Å²) in [6.07, 6.45) is 0. The smallest absolute Gasteiger partial charge is 0.253 e. The standard InChI is InChI=1S/C19H18Cl3N3O3/c1-25(11-12-4-2-3-5-15(12)21)18(27)10-23-17(26)9-24-19(28)14-7-6-13(20)8-16(14)22/h2-8H,9-11H2,1H3,(H,23,26)(H,24,28). The van der Waals surface area contributed by atoms with Crippen LogP contribution in [0.4, 0.5) is 0 Å². The predicted molar refractivity (Wildman–Crippen MR) is 110 cm³/mol. The Hall–Kier alpha value is -2.28. The topological polar surface area (TPSA) is 78.5 Å². The van der Waals surface area contributed by atoms with Gasteiger partial charge in [-0.25, -0.2) is 0 Å². The van der Waals surface area contributed by atoms with Gasteiger partial charge in [0.05, 0.1) is 23.7 Å². The number of carbonyl (C=O) groups excluding carboxylic acids is 3. The lowest BCUT2D eigenvalue weighted by atomic mass is 10.2. The van der Waals surface area contributed by atoms with E-state index in [2.05, 4.69) is 10.6 Å². The fourth-order valence-corrected chi connectivity index (χ4v) is 2.96. The molecule has 0 saturated heterocycles. The lowest BCUT2D eigenvalue weighted by molar-refractivity contribution is -0.132. The summed E-state index contributed by atoms with van der Waals surface area (Å²) in [4.78, 5) is 37.5. The Morgan fingerprint density at radius 1 is 0.929 bits per heavy atom. The minimum absolute atomic E-state index is 0.182. The second-order valence-corrected chi connectivity index (χ2v) is 7.18. The Balaban J connectivity index is 1.77. The summed E-state index contributed by atoms with van der Waals surface area (Å²) in [5.74, 6) is -1.31. The molecule has 2 aromatic carbocycles. The maximum atomic E-state index is 12.2. The first-order valence-corrected chi connectivity index (χ1v) is 9.38. The third-order valence-corrected chi connectivity index (χ3v) is 4.73. The zero-order chi connectivity index (χ0) is 20.7. The van der Waals surface area contributed by atoms with Gasteiger partial charge in [-0.15, -0.1) is 0 Å². The van der Waals surface area contributed by atoms with Crippen LogP contribution in [0.15, 0.2) is 42.5 Å².